The molecule has 18 heavy (non-hydrogen) atoms. The van der Waals surface area contributed by atoms with Gasteiger partial charge in [0, 0.05) is 20.0 Å². The molecule has 2 heterocycles. The van der Waals surface area contributed by atoms with E-state index in [2.05, 4.69) is 0 Å². The number of hydrogen-bond donors (Lipinski definition) is 3. The average molecular weight is 257 g/mol. The number of nitrogens with two attached hydrogens (primary N) is 1. The molecule has 2 rings (SSSR count). The van der Waals surface area contributed by atoms with Gasteiger partial charge in [-0.25, -0.2) is 4.79 Å². The molecule has 0 saturated carbocycles. The molecular weight excluding hydrogens is 238 g/mol. The average Bonchev–Trinajstić information content (AvgIpc) is 2.72. The lowest BCUT2D eigenvalue weighted by atomic mass is 10.1. The molecule has 0 radical (unpaired) electrons. The predicted octanol–water partition coefficient (Wildman–Crippen LogP) is -0.988. The van der Waals surface area contributed by atoms with Gasteiger partial charge in [0.1, 0.15) is 18.2 Å². The normalized spacial score (nSPS) is 33.6. The molecular formula is C11H19N3O4. The third kappa shape index (κ3) is 2.05. The molecule has 0 bridgehead atoms. The van der Waals surface area contributed by atoms with E-state index in [-0.39, 0.29) is 12.6 Å². The highest BCUT2D eigenvalue weighted by atomic mass is 16.5. The summed E-state index contributed by atoms with van der Waals surface area (Å²) in [5.74, 6) is 0.452. The van der Waals surface area contributed by atoms with Crippen molar-refractivity contribution in [2.75, 3.05) is 20.2 Å². The van der Waals surface area contributed by atoms with E-state index in [4.69, 9.17) is 15.6 Å². The predicted molar refractivity (Wildman–Crippen MR) is 63.1 cm³/mol. The first-order valence-corrected chi connectivity index (χ1v) is 5.89. The molecule has 7 nitrogen and oxygen atoms in total. The van der Waals surface area contributed by atoms with Gasteiger partial charge in [0.2, 0.25) is 0 Å². The van der Waals surface area contributed by atoms with Crippen molar-refractivity contribution in [1.82, 2.24) is 9.80 Å². The lowest BCUT2D eigenvalue weighted by Crippen LogP contribution is -2.52. The van der Waals surface area contributed by atoms with Gasteiger partial charge in [0.25, 0.3) is 0 Å². The maximum Gasteiger partial charge on any atom is 0.327 e. The van der Waals surface area contributed by atoms with Crippen molar-refractivity contribution in [2.45, 2.75) is 31.8 Å². The first-order chi connectivity index (χ1) is 8.45. The molecule has 1 fully saturated rings. The molecule has 1 saturated heterocycles. The molecule has 7 heteroatoms. The Labute approximate surface area is 105 Å². The minimum atomic E-state index is -0.748. The molecule has 0 aromatic carbocycles. The van der Waals surface area contributed by atoms with Gasteiger partial charge < -0.3 is 20.7 Å². The Kier molecular flexibility index (Phi) is 3.47. The van der Waals surface area contributed by atoms with Gasteiger partial charge in [0.15, 0.2) is 0 Å². The zero-order valence-corrected chi connectivity index (χ0v) is 10.5. The van der Waals surface area contributed by atoms with E-state index in [9.17, 15) is 9.90 Å². The van der Waals surface area contributed by atoms with E-state index < -0.39 is 18.4 Å². The summed E-state index contributed by atoms with van der Waals surface area (Å²) < 4.78 is 5.48. The summed E-state index contributed by atoms with van der Waals surface area (Å²) in [6.07, 6.45) is -1.59. The van der Waals surface area contributed by atoms with Crippen molar-refractivity contribution >= 4 is 6.03 Å². The second kappa shape index (κ2) is 4.75. The lowest BCUT2D eigenvalue weighted by Gasteiger charge is -2.37. The highest BCUT2D eigenvalue weighted by Gasteiger charge is 2.41. The van der Waals surface area contributed by atoms with Gasteiger partial charge in [-0.15, -0.1) is 0 Å². The number of nitrogens with zero attached hydrogens (tertiary/aromatic N) is 2. The van der Waals surface area contributed by atoms with Gasteiger partial charge in [-0.1, -0.05) is 0 Å². The van der Waals surface area contributed by atoms with Crippen LogP contribution < -0.4 is 5.73 Å². The second-order valence-electron chi connectivity index (χ2n) is 4.75. The van der Waals surface area contributed by atoms with Gasteiger partial charge in [0.05, 0.1) is 12.7 Å². The Hall–Kier alpha value is -1.31. The summed E-state index contributed by atoms with van der Waals surface area (Å²) >= 11 is 0. The van der Waals surface area contributed by atoms with Crippen molar-refractivity contribution in [1.29, 1.82) is 0 Å². The zero-order valence-electron chi connectivity index (χ0n) is 10.5. The highest BCUT2D eigenvalue weighted by Crippen LogP contribution is 2.27. The number of ether oxygens (including phenoxy) is 1. The first-order valence-electron chi connectivity index (χ1n) is 5.89. The molecule has 0 unspecified atom stereocenters. The number of aliphatic hydroxyl groups excluding tert-OH is 2. The Morgan fingerprint density at radius 2 is 2.22 bits per heavy atom. The van der Waals surface area contributed by atoms with Crippen molar-refractivity contribution in [2.24, 2.45) is 5.73 Å². The van der Waals surface area contributed by atoms with Crippen molar-refractivity contribution in [3.8, 4) is 0 Å². The highest BCUT2D eigenvalue weighted by molar-refractivity contribution is 5.78. The number of carbonyl (C=O) groups excluding carboxylic acids is 1. The second-order valence-corrected chi connectivity index (χ2v) is 4.75. The fraction of sp³-hybridized carbons (Fsp3) is 0.727. The Balaban J connectivity index is 2.14. The number of aliphatic hydroxyl groups is 2. The summed E-state index contributed by atoms with van der Waals surface area (Å²) in [5.41, 5.74) is 6.66. The lowest BCUT2D eigenvalue weighted by molar-refractivity contribution is -0.0659. The van der Waals surface area contributed by atoms with E-state index >= 15 is 0 Å². The summed E-state index contributed by atoms with van der Waals surface area (Å²) in [6.45, 7) is 1.97. The van der Waals surface area contributed by atoms with Crippen LogP contribution in [0.4, 0.5) is 4.79 Å². The van der Waals surface area contributed by atoms with Crippen LogP contribution in [-0.2, 0) is 4.74 Å². The number of hydrogen-bond acceptors (Lipinski definition) is 5. The fourth-order valence-corrected chi connectivity index (χ4v) is 2.28. The molecule has 2 aliphatic heterocycles. The summed E-state index contributed by atoms with van der Waals surface area (Å²) in [5, 5.41) is 18.7. The van der Waals surface area contributed by atoms with Gasteiger partial charge in [-0.2, -0.15) is 0 Å². The Morgan fingerprint density at radius 3 is 2.78 bits per heavy atom. The largest absolute Gasteiger partial charge is 0.394 e. The number of urea groups is 1. The first kappa shape index (κ1) is 13.1. The van der Waals surface area contributed by atoms with Crippen LogP contribution in [0.15, 0.2) is 11.4 Å². The summed E-state index contributed by atoms with van der Waals surface area (Å²) in [6, 6.07) is -0.256. The monoisotopic (exact) mass is 257 g/mol. The summed E-state index contributed by atoms with van der Waals surface area (Å²) in [7, 11) is 1.60. The molecule has 0 aliphatic carbocycles. The third-order valence-electron chi connectivity index (χ3n) is 3.47. The number of rotatable bonds is 2. The molecule has 0 aromatic rings. The third-order valence-corrected chi connectivity index (χ3v) is 3.47. The topological polar surface area (TPSA) is 99.3 Å². The van der Waals surface area contributed by atoms with Crippen molar-refractivity contribution < 1.29 is 19.7 Å². The molecule has 102 valence electrons. The quantitative estimate of drug-likeness (QED) is 0.590. The van der Waals surface area contributed by atoms with E-state index in [1.54, 1.807) is 7.05 Å². The van der Waals surface area contributed by atoms with Crippen LogP contribution in [0.2, 0.25) is 0 Å². The van der Waals surface area contributed by atoms with E-state index in [1.807, 2.05) is 6.92 Å². The van der Waals surface area contributed by atoms with E-state index in [0.29, 0.717) is 18.8 Å². The van der Waals surface area contributed by atoms with Crippen LogP contribution in [0, 0.1) is 0 Å². The maximum atomic E-state index is 12.1. The Morgan fingerprint density at radius 1 is 1.56 bits per heavy atom. The minimum Gasteiger partial charge on any atom is -0.394 e. The van der Waals surface area contributed by atoms with Crippen molar-refractivity contribution in [3.05, 3.63) is 11.4 Å². The molecule has 2 aliphatic rings. The van der Waals surface area contributed by atoms with Gasteiger partial charge >= 0.3 is 6.03 Å². The SMILES string of the molecule is CC1=C(N)N(C)C(=O)N([C@H]2C[C@H](O)[C@@H](CO)O2)C1. The molecule has 3 atom stereocenters. The van der Waals surface area contributed by atoms with Gasteiger partial charge in [-0.3, -0.25) is 9.80 Å². The van der Waals surface area contributed by atoms with Gasteiger partial charge in [-0.05, 0) is 12.5 Å². The molecule has 2 amide bonds. The Bertz CT molecular complexity index is 384. The zero-order chi connectivity index (χ0) is 13.4. The standard InChI is InChI=1S/C11H19N3O4/c1-6-4-14(11(17)13(2)10(6)12)9-3-7(16)8(5-15)18-9/h7-9,15-16H,3-5,12H2,1-2H3/t7-,8+,9+/m0/s1. The van der Waals surface area contributed by atoms with Crippen LogP contribution in [-0.4, -0.2) is 64.7 Å². The fourth-order valence-electron chi connectivity index (χ4n) is 2.28. The van der Waals surface area contributed by atoms with Crippen LogP contribution in [0.3, 0.4) is 0 Å². The minimum absolute atomic E-state index is 0.256. The number of carbonyl (C=O) groups is 1. The molecule has 0 spiro atoms. The smallest absolute Gasteiger partial charge is 0.327 e. The molecule has 4 N–H and O–H groups in total. The van der Waals surface area contributed by atoms with Crippen LogP contribution in [0.5, 0.6) is 0 Å². The molecule has 0 aromatic heterocycles. The van der Waals surface area contributed by atoms with Crippen LogP contribution >= 0.6 is 0 Å². The van der Waals surface area contributed by atoms with Crippen LogP contribution in [0.25, 0.3) is 0 Å². The van der Waals surface area contributed by atoms with E-state index in [1.165, 1.54) is 9.80 Å². The summed E-state index contributed by atoms with van der Waals surface area (Å²) in [4.78, 5) is 15.0. The van der Waals surface area contributed by atoms with E-state index in [0.717, 1.165) is 5.57 Å². The van der Waals surface area contributed by atoms with Crippen LogP contribution in [0.1, 0.15) is 13.3 Å². The maximum absolute atomic E-state index is 12.1. The van der Waals surface area contributed by atoms with Crippen molar-refractivity contribution in [3.63, 3.8) is 0 Å². The number of amides is 2.